The van der Waals surface area contributed by atoms with Crippen molar-refractivity contribution in [2.45, 2.75) is 51.7 Å². The average molecular weight is 172 g/mol. The van der Waals surface area contributed by atoms with Gasteiger partial charge in [0.1, 0.15) is 0 Å². The zero-order valence-corrected chi connectivity index (χ0v) is 8.34. The fourth-order valence-electron chi connectivity index (χ4n) is 1.54. The molecule has 0 radical (unpaired) electrons. The first-order chi connectivity index (χ1) is 5.56. The van der Waals surface area contributed by atoms with Crippen LogP contribution in [0.2, 0.25) is 0 Å². The molecule has 0 amide bonds. The Balaban J connectivity index is 2.03. The summed E-state index contributed by atoms with van der Waals surface area (Å²) in [5, 5.41) is 8.69. The molecule has 72 valence electrons. The van der Waals surface area contributed by atoms with Crippen LogP contribution in [0.3, 0.4) is 0 Å². The number of hydrogen-bond acceptors (Lipinski definition) is 2. The molecule has 1 aliphatic heterocycles. The zero-order chi connectivity index (χ0) is 9.19. The molecule has 12 heavy (non-hydrogen) atoms. The van der Waals surface area contributed by atoms with Crippen LogP contribution in [0, 0.1) is 5.92 Å². The molecule has 2 nitrogen and oxygen atoms in total. The lowest BCUT2D eigenvalue weighted by atomic mass is 9.98. The van der Waals surface area contributed by atoms with Gasteiger partial charge in [0, 0.05) is 6.61 Å². The molecular formula is C10H20O2. The zero-order valence-electron chi connectivity index (χ0n) is 8.34. The van der Waals surface area contributed by atoms with Crippen LogP contribution in [-0.2, 0) is 4.74 Å². The van der Waals surface area contributed by atoms with Crippen molar-refractivity contribution < 1.29 is 9.84 Å². The summed E-state index contributed by atoms with van der Waals surface area (Å²) in [7, 11) is 0. The van der Waals surface area contributed by atoms with E-state index in [1.165, 1.54) is 6.42 Å². The third kappa shape index (κ3) is 2.76. The Labute approximate surface area is 74.9 Å². The van der Waals surface area contributed by atoms with Crippen LogP contribution >= 0.6 is 0 Å². The molecule has 0 aromatic rings. The minimum Gasteiger partial charge on any atom is -0.396 e. The molecule has 1 heterocycles. The van der Waals surface area contributed by atoms with Crippen molar-refractivity contribution in [2.75, 3.05) is 6.61 Å². The highest BCUT2D eigenvalue weighted by molar-refractivity contribution is 4.94. The van der Waals surface area contributed by atoms with Gasteiger partial charge in [0.2, 0.25) is 0 Å². The molecule has 1 N–H and O–H groups in total. The highest BCUT2D eigenvalue weighted by Crippen LogP contribution is 2.39. The van der Waals surface area contributed by atoms with E-state index >= 15 is 0 Å². The summed E-state index contributed by atoms with van der Waals surface area (Å²) in [6.45, 7) is 6.77. The number of epoxide rings is 1. The van der Waals surface area contributed by atoms with Crippen molar-refractivity contribution >= 4 is 0 Å². The molecule has 0 bridgehead atoms. The van der Waals surface area contributed by atoms with Gasteiger partial charge >= 0.3 is 0 Å². The molecule has 0 aliphatic carbocycles. The molecular weight excluding hydrogens is 152 g/mol. The van der Waals surface area contributed by atoms with Crippen molar-refractivity contribution in [2.24, 2.45) is 5.92 Å². The third-order valence-corrected chi connectivity index (χ3v) is 2.71. The van der Waals surface area contributed by atoms with Crippen molar-refractivity contribution in [1.82, 2.24) is 0 Å². The van der Waals surface area contributed by atoms with Gasteiger partial charge in [-0.1, -0.05) is 6.92 Å². The van der Waals surface area contributed by atoms with Gasteiger partial charge in [-0.25, -0.2) is 0 Å². The molecule has 0 spiro atoms. The van der Waals surface area contributed by atoms with Crippen LogP contribution < -0.4 is 0 Å². The smallest absolute Gasteiger partial charge is 0.0892 e. The lowest BCUT2D eigenvalue weighted by molar-refractivity contribution is 0.253. The van der Waals surface area contributed by atoms with E-state index in [-0.39, 0.29) is 5.60 Å². The SMILES string of the molecule is C[C@H](CCO)CC[C@H]1OC1(C)C. The fraction of sp³-hybridized carbons (Fsp3) is 1.00. The summed E-state index contributed by atoms with van der Waals surface area (Å²) in [6, 6.07) is 0. The minimum absolute atomic E-state index is 0.138. The lowest BCUT2D eigenvalue weighted by Crippen LogP contribution is -2.05. The minimum atomic E-state index is 0.138. The van der Waals surface area contributed by atoms with Crippen molar-refractivity contribution in [3.8, 4) is 0 Å². The topological polar surface area (TPSA) is 32.8 Å². The first kappa shape index (κ1) is 10.0. The highest BCUT2D eigenvalue weighted by atomic mass is 16.6. The second-order valence-electron chi connectivity index (χ2n) is 4.40. The van der Waals surface area contributed by atoms with Gasteiger partial charge in [-0.3, -0.25) is 0 Å². The van der Waals surface area contributed by atoms with E-state index in [0.717, 1.165) is 12.8 Å². The number of hydrogen-bond donors (Lipinski definition) is 1. The van der Waals surface area contributed by atoms with Crippen LogP contribution in [0.1, 0.15) is 40.0 Å². The maximum absolute atomic E-state index is 8.69. The van der Waals surface area contributed by atoms with E-state index in [1.54, 1.807) is 0 Å². The largest absolute Gasteiger partial charge is 0.396 e. The molecule has 1 saturated heterocycles. The highest BCUT2D eigenvalue weighted by Gasteiger charge is 2.46. The average Bonchev–Trinajstić information content (AvgIpc) is 2.56. The van der Waals surface area contributed by atoms with Gasteiger partial charge in [-0.05, 0) is 39.0 Å². The first-order valence-electron chi connectivity index (χ1n) is 4.85. The van der Waals surface area contributed by atoms with Gasteiger partial charge in [0.05, 0.1) is 11.7 Å². The van der Waals surface area contributed by atoms with Gasteiger partial charge < -0.3 is 9.84 Å². The van der Waals surface area contributed by atoms with Crippen LogP contribution in [0.5, 0.6) is 0 Å². The second-order valence-corrected chi connectivity index (χ2v) is 4.40. The number of aliphatic hydroxyl groups excluding tert-OH is 1. The normalized spacial score (nSPS) is 28.5. The van der Waals surface area contributed by atoms with Crippen LogP contribution in [0.15, 0.2) is 0 Å². The lowest BCUT2D eigenvalue weighted by Gasteiger charge is -2.07. The summed E-state index contributed by atoms with van der Waals surface area (Å²) < 4.78 is 5.47. The molecule has 0 saturated carbocycles. The van der Waals surface area contributed by atoms with E-state index in [2.05, 4.69) is 20.8 Å². The molecule has 0 aromatic carbocycles. The maximum atomic E-state index is 8.69. The molecule has 2 heteroatoms. The van der Waals surface area contributed by atoms with Crippen LogP contribution in [0.25, 0.3) is 0 Å². The molecule has 1 rings (SSSR count). The Morgan fingerprint density at radius 2 is 2.00 bits per heavy atom. The van der Waals surface area contributed by atoms with E-state index in [9.17, 15) is 0 Å². The molecule has 2 atom stereocenters. The molecule has 1 fully saturated rings. The van der Waals surface area contributed by atoms with E-state index in [1.807, 2.05) is 0 Å². The van der Waals surface area contributed by atoms with E-state index in [0.29, 0.717) is 18.6 Å². The quantitative estimate of drug-likeness (QED) is 0.643. The molecule has 0 unspecified atom stereocenters. The maximum Gasteiger partial charge on any atom is 0.0892 e. The Kier molecular flexibility index (Phi) is 3.13. The molecule has 1 aliphatic rings. The standard InChI is InChI=1S/C10H20O2/c1-8(6-7-11)4-5-9-10(2,3)12-9/h8-9,11H,4-7H2,1-3H3/t8-,9+/m0/s1. The van der Waals surface area contributed by atoms with Gasteiger partial charge in [0.15, 0.2) is 0 Å². The molecule has 0 aromatic heterocycles. The number of rotatable bonds is 5. The van der Waals surface area contributed by atoms with E-state index in [4.69, 9.17) is 9.84 Å². The van der Waals surface area contributed by atoms with E-state index < -0.39 is 0 Å². The van der Waals surface area contributed by atoms with Gasteiger partial charge in [0.25, 0.3) is 0 Å². The Morgan fingerprint density at radius 3 is 2.42 bits per heavy atom. The summed E-state index contributed by atoms with van der Waals surface area (Å²) in [6.07, 6.45) is 3.72. The van der Waals surface area contributed by atoms with Crippen LogP contribution in [-0.4, -0.2) is 23.4 Å². The number of aliphatic hydroxyl groups is 1. The predicted octanol–water partition coefficient (Wildman–Crippen LogP) is 1.96. The summed E-state index contributed by atoms with van der Waals surface area (Å²) >= 11 is 0. The third-order valence-electron chi connectivity index (χ3n) is 2.71. The summed E-state index contributed by atoms with van der Waals surface area (Å²) in [5.74, 6) is 0.634. The summed E-state index contributed by atoms with van der Waals surface area (Å²) in [5.41, 5.74) is 0.138. The Bertz CT molecular complexity index is 143. The van der Waals surface area contributed by atoms with Crippen molar-refractivity contribution in [3.05, 3.63) is 0 Å². The van der Waals surface area contributed by atoms with Gasteiger partial charge in [-0.2, -0.15) is 0 Å². The Hall–Kier alpha value is -0.0800. The summed E-state index contributed by atoms with van der Waals surface area (Å²) in [4.78, 5) is 0. The first-order valence-corrected chi connectivity index (χ1v) is 4.85. The van der Waals surface area contributed by atoms with Crippen LogP contribution in [0.4, 0.5) is 0 Å². The fourth-order valence-corrected chi connectivity index (χ4v) is 1.54. The van der Waals surface area contributed by atoms with Crippen molar-refractivity contribution in [3.63, 3.8) is 0 Å². The predicted molar refractivity (Wildman–Crippen MR) is 49.1 cm³/mol. The van der Waals surface area contributed by atoms with Crippen molar-refractivity contribution in [1.29, 1.82) is 0 Å². The van der Waals surface area contributed by atoms with Gasteiger partial charge in [-0.15, -0.1) is 0 Å². The number of ether oxygens (including phenoxy) is 1. The monoisotopic (exact) mass is 172 g/mol. The Morgan fingerprint density at radius 1 is 1.42 bits per heavy atom. The second kappa shape index (κ2) is 3.75.